The van der Waals surface area contributed by atoms with E-state index in [0.717, 1.165) is 37.1 Å². The molecule has 7 nitrogen and oxygen atoms in total. The van der Waals surface area contributed by atoms with Crippen LogP contribution in [0.2, 0.25) is 0 Å². The average molecular weight is 439 g/mol. The van der Waals surface area contributed by atoms with Gasteiger partial charge in [0.25, 0.3) is 5.91 Å². The normalized spacial score (nSPS) is 14.6. The molecule has 0 spiro atoms. The van der Waals surface area contributed by atoms with Crippen molar-refractivity contribution in [2.24, 2.45) is 0 Å². The summed E-state index contributed by atoms with van der Waals surface area (Å²) < 4.78 is 30.1. The van der Waals surface area contributed by atoms with E-state index in [9.17, 15) is 13.2 Å². The number of nitrogens with zero attached hydrogens (tertiary/aromatic N) is 2. The van der Waals surface area contributed by atoms with Gasteiger partial charge in [0.2, 0.25) is 10.0 Å². The maximum Gasteiger partial charge on any atom is 0.255 e. The standard InChI is InChI=1S/C23H26N4O3S/c1-17-24-13-14-27(17)16-18-9-11-20(12-10-18)25-23(28)19-5-4-8-22(15-19)31(29,30)26-21-6-2-3-7-21/h4-5,8-15,21,26H,2-3,6-7,16H2,1H3,(H,25,28). The zero-order valence-electron chi connectivity index (χ0n) is 17.4. The van der Waals surface area contributed by atoms with Gasteiger partial charge in [-0.25, -0.2) is 18.1 Å². The number of rotatable bonds is 7. The van der Waals surface area contributed by atoms with Crippen molar-refractivity contribution in [3.8, 4) is 0 Å². The molecule has 1 aliphatic carbocycles. The number of aromatic nitrogens is 2. The molecule has 1 aromatic heterocycles. The van der Waals surface area contributed by atoms with Crippen LogP contribution in [0.5, 0.6) is 0 Å². The Morgan fingerprint density at radius 3 is 2.55 bits per heavy atom. The molecule has 2 aromatic carbocycles. The lowest BCUT2D eigenvalue weighted by Gasteiger charge is -2.13. The van der Waals surface area contributed by atoms with Gasteiger partial charge in [0.15, 0.2) is 0 Å². The summed E-state index contributed by atoms with van der Waals surface area (Å²) in [5.41, 5.74) is 2.03. The Morgan fingerprint density at radius 1 is 1.13 bits per heavy atom. The second kappa shape index (κ2) is 9.03. The van der Waals surface area contributed by atoms with E-state index in [1.54, 1.807) is 18.3 Å². The highest BCUT2D eigenvalue weighted by Crippen LogP contribution is 2.21. The van der Waals surface area contributed by atoms with Crippen molar-refractivity contribution in [2.45, 2.75) is 50.1 Å². The van der Waals surface area contributed by atoms with Gasteiger partial charge in [-0.2, -0.15) is 0 Å². The predicted octanol–water partition coefficient (Wildman–Crippen LogP) is 3.71. The molecule has 4 rings (SSSR count). The van der Waals surface area contributed by atoms with E-state index in [1.807, 2.05) is 42.0 Å². The first-order chi connectivity index (χ1) is 14.9. The number of benzene rings is 2. The Labute approximate surface area is 182 Å². The van der Waals surface area contributed by atoms with Crippen molar-refractivity contribution in [1.29, 1.82) is 0 Å². The molecule has 31 heavy (non-hydrogen) atoms. The van der Waals surface area contributed by atoms with Crippen LogP contribution in [0, 0.1) is 6.92 Å². The Hall–Kier alpha value is -2.97. The minimum atomic E-state index is -3.64. The van der Waals surface area contributed by atoms with Crippen molar-refractivity contribution < 1.29 is 13.2 Å². The number of nitrogens with one attached hydrogen (secondary N) is 2. The fourth-order valence-corrected chi connectivity index (χ4v) is 5.15. The smallest absolute Gasteiger partial charge is 0.255 e. The lowest BCUT2D eigenvalue weighted by molar-refractivity contribution is 0.102. The van der Waals surface area contributed by atoms with Gasteiger partial charge < -0.3 is 9.88 Å². The van der Waals surface area contributed by atoms with E-state index < -0.39 is 10.0 Å². The lowest BCUT2D eigenvalue weighted by Crippen LogP contribution is -2.32. The molecule has 8 heteroatoms. The highest BCUT2D eigenvalue weighted by molar-refractivity contribution is 7.89. The molecule has 1 heterocycles. The Balaban J connectivity index is 1.42. The van der Waals surface area contributed by atoms with Crippen LogP contribution in [0.3, 0.4) is 0 Å². The molecule has 0 atom stereocenters. The van der Waals surface area contributed by atoms with Gasteiger partial charge in [0.1, 0.15) is 5.82 Å². The molecule has 0 unspecified atom stereocenters. The molecule has 2 N–H and O–H groups in total. The van der Waals surface area contributed by atoms with Crippen molar-refractivity contribution in [3.63, 3.8) is 0 Å². The first kappa shape index (κ1) is 21.3. The fourth-order valence-electron chi connectivity index (χ4n) is 3.80. The average Bonchev–Trinajstić information content (AvgIpc) is 3.41. The van der Waals surface area contributed by atoms with Gasteiger partial charge in [-0.3, -0.25) is 4.79 Å². The molecule has 1 fully saturated rings. The van der Waals surface area contributed by atoms with E-state index in [4.69, 9.17) is 0 Å². The van der Waals surface area contributed by atoms with Crippen LogP contribution in [0.1, 0.15) is 47.4 Å². The number of sulfonamides is 1. The van der Waals surface area contributed by atoms with Gasteiger partial charge in [-0.1, -0.05) is 31.0 Å². The second-order valence-corrected chi connectivity index (χ2v) is 9.60. The quantitative estimate of drug-likeness (QED) is 0.588. The van der Waals surface area contributed by atoms with Crippen LogP contribution in [0.4, 0.5) is 5.69 Å². The molecule has 1 saturated carbocycles. The fraction of sp³-hybridized carbons (Fsp3) is 0.304. The first-order valence-corrected chi connectivity index (χ1v) is 11.9. The van der Waals surface area contributed by atoms with E-state index in [1.165, 1.54) is 12.1 Å². The Morgan fingerprint density at radius 2 is 1.87 bits per heavy atom. The number of amides is 1. The summed E-state index contributed by atoms with van der Waals surface area (Å²) in [6, 6.07) is 13.7. The second-order valence-electron chi connectivity index (χ2n) is 7.88. The molecular formula is C23H26N4O3S. The van der Waals surface area contributed by atoms with Gasteiger partial charge in [-0.05, 0) is 55.7 Å². The maximum absolute atomic E-state index is 12.7. The van der Waals surface area contributed by atoms with Crippen molar-refractivity contribution in [3.05, 3.63) is 77.9 Å². The third kappa shape index (κ3) is 5.21. The first-order valence-electron chi connectivity index (χ1n) is 10.4. The molecule has 1 amide bonds. The highest BCUT2D eigenvalue weighted by atomic mass is 32.2. The molecule has 0 saturated heterocycles. The van der Waals surface area contributed by atoms with Crippen LogP contribution in [0.25, 0.3) is 0 Å². The summed E-state index contributed by atoms with van der Waals surface area (Å²) >= 11 is 0. The number of hydrogen-bond donors (Lipinski definition) is 2. The molecule has 162 valence electrons. The van der Waals surface area contributed by atoms with Gasteiger partial charge in [0.05, 0.1) is 4.90 Å². The number of carbonyl (C=O) groups is 1. The minimum absolute atomic E-state index is 0.0212. The lowest BCUT2D eigenvalue weighted by atomic mass is 10.2. The number of carbonyl (C=O) groups excluding carboxylic acids is 1. The highest BCUT2D eigenvalue weighted by Gasteiger charge is 2.23. The zero-order chi connectivity index (χ0) is 21.8. The largest absolute Gasteiger partial charge is 0.331 e. The van der Waals surface area contributed by atoms with E-state index >= 15 is 0 Å². The van der Waals surface area contributed by atoms with Gasteiger partial charge >= 0.3 is 0 Å². The number of hydrogen-bond acceptors (Lipinski definition) is 4. The van der Waals surface area contributed by atoms with Crippen LogP contribution >= 0.6 is 0 Å². The molecule has 0 radical (unpaired) electrons. The predicted molar refractivity (Wildman–Crippen MR) is 119 cm³/mol. The third-order valence-electron chi connectivity index (χ3n) is 5.57. The summed E-state index contributed by atoms with van der Waals surface area (Å²) in [6.07, 6.45) is 7.48. The monoisotopic (exact) mass is 438 g/mol. The van der Waals surface area contributed by atoms with Crippen LogP contribution in [-0.2, 0) is 16.6 Å². The van der Waals surface area contributed by atoms with E-state index in [2.05, 4.69) is 15.0 Å². The number of imidazole rings is 1. The van der Waals surface area contributed by atoms with Crippen molar-refractivity contribution in [1.82, 2.24) is 14.3 Å². The summed E-state index contributed by atoms with van der Waals surface area (Å²) in [5, 5.41) is 2.83. The van der Waals surface area contributed by atoms with E-state index in [0.29, 0.717) is 17.8 Å². The zero-order valence-corrected chi connectivity index (χ0v) is 18.2. The summed E-state index contributed by atoms with van der Waals surface area (Å²) in [4.78, 5) is 17.0. The third-order valence-corrected chi connectivity index (χ3v) is 7.09. The van der Waals surface area contributed by atoms with E-state index in [-0.39, 0.29) is 16.8 Å². The summed E-state index contributed by atoms with van der Waals surface area (Å²) in [5.74, 6) is 0.589. The minimum Gasteiger partial charge on any atom is -0.331 e. The SMILES string of the molecule is Cc1nccn1Cc1ccc(NC(=O)c2cccc(S(=O)(=O)NC3CCCC3)c2)cc1. The summed E-state index contributed by atoms with van der Waals surface area (Å²) in [7, 11) is -3.64. The van der Waals surface area contributed by atoms with Crippen LogP contribution in [0.15, 0.2) is 65.8 Å². The molecule has 3 aromatic rings. The Bertz CT molecular complexity index is 1160. The molecule has 0 aliphatic heterocycles. The van der Waals surface area contributed by atoms with Crippen molar-refractivity contribution in [2.75, 3.05) is 5.32 Å². The number of aryl methyl sites for hydroxylation is 1. The van der Waals surface area contributed by atoms with Crippen LogP contribution < -0.4 is 10.0 Å². The van der Waals surface area contributed by atoms with Gasteiger partial charge in [-0.15, -0.1) is 0 Å². The van der Waals surface area contributed by atoms with Crippen molar-refractivity contribution >= 4 is 21.6 Å². The molecule has 1 aliphatic rings. The molecule has 0 bridgehead atoms. The number of anilines is 1. The molecular weight excluding hydrogens is 412 g/mol. The topological polar surface area (TPSA) is 93.1 Å². The van der Waals surface area contributed by atoms with Gasteiger partial charge in [0, 0.05) is 36.2 Å². The summed E-state index contributed by atoms with van der Waals surface area (Å²) in [6.45, 7) is 2.65. The maximum atomic E-state index is 12.7. The van der Waals surface area contributed by atoms with Crippen LogP contribution in [-0.4, -0.2) is 29.9 Å². The Kier molecular flexibility index (Phi) is 6.20.